The Morgan fingerprint density at radius 3 is 1.97 bits per heavy atom. The molecule has 0 bridgehead atoms. The fraction of sp³-hybridized carbons (Fsp3) is 0.258. The summed E-state index contributed by atoms with van der Waals surface area (Å²) in [5.74, 6) is 0. The first-order valence-corrected chi connectivity index (χ1v) is 13.0. The Morgan fingerprint density at radius 1 is 0.833 bits per heavy atom. The van der Waals surface area contributed by atoms with E-state index >= 15 is 8.63 Å². The summed E-state index contributed by atoms with van der Waals surface area (Å²) in [5, 5.41) is 4.42. The predicted octanol–water partition coefficient (Wildman–Crippen LogP) is 8.18. The number of hydrogen-bond donors (Lipinski definition) is 0. The standard InChI is InChI=1S/C31H31BF2N2/c1-7-24-18(3)30-29(28-26-15-11-9-13-22(26)17-23-14-10-12-16-27(23)28)31-19(4)25(8-2)21(6)36(31)32(33,34)35(30)20(24)5/h9-17H,7-8H2,1-6H3. The molecule has 1 aromatic heterocycles. The molecule has 0 aliphatic carbocycles. The molecule has 182 valence electrons. The van der Waals surface area contributed by atoms with Crippen LogP contribution in [0.4, 0.5) is 8.63 Å². The van der Waals surface area contributed by atoms with Crippen LogP contribution in [0.2, 0.25) is 0 Å². The number of benzene rings is 3. The lowest BCUT2D eigenvalue weighted by molar-refractivity contribution is -0.363. The van der Waals surface area contributed by atoms with Crippen molar-refractivity contribution >= 4 is 39.8 Å². The van der Waals surface area contributed by atoms with Gasteiger partial charge in [-0.25, -0.2) is 0 Å². The van der Waals surface area contributed by atoms with E-state index in [2.05, 4.69) is 44.2 Å². The lowest BCUT2D eigenvalue weighted by Crippen LogP contribution is -2.51. The summed E-state index contributed by atoms with van der Waals surface area (Å²) in [4.78, 5) is 0. The fourth-order valence-electron chi connectivity index (χ4n) is 7.00. The van der Waals surface area contributed by atoms with Crippen LogP contribution in [0.15, 0.2) is 71.4 Å². The van der Waals surface area contributed by atoms with E-state index in [1.807, 2.05) is 52.0 Å². The van der Waals surface area contributed by atoms with E-state index in [1.54, 1.807) is 0 Å². The third-order valence-electron chi connectivity index (χ3n) is 8.52. The maximum Gasteiger partial charge on any atom is 0.737 e. The van der Waals surface area contributed by atoms with Crippen molar-refractivity contribution in [2.24, 2.45) is 0 Å². The number of fused-ring (bicyclic) bond motifs is 4. The third kappa shape index (κ3) is 2.74. The van der Waals surface area contributed by atoms with Crippen molar-refractivity contribution in [2.75, 3.05) is 0 Å². The second-order valence-electron chi connectivity index (χ2n) is 10.2. The first kappa shape index (κ1) is 23.0. The van der Waals surface area contributed by atoms with Crippen molar-refractivity contribution in [1.29, 1.82) is 0 Å². The van der Waals surface area contributed by atoms with Crippen molar-refractivity contribution in [3.8, 4) is 0 Å². The van der Waals surface area contributed by atoms with Crippen LogP contribution in [0.3, 0.4) is 0 Å². The molecule has 0 unspecified atom stereocenters. The van der Waals surface area contributed by atoms with E-state index in [-0.39, 0.29) is 0 Å². The van der Waals surface area contributed by atoms with Crippen LogP contribution in [0.1, 0.15) is 62.2 Å². The van der Waals surface area contributed by atoms with Gasteiger partial charge < -0.3 is 17.6 Å². The number of nitrogens with zero attached hydrogens (tertiary/aromatic N) is 2. The highest BCUT2D eigenvalue weighted by Crippen LogP contribution is 2.49. The maximum atomic E-state index is 16.7. The molecule has 0 amide bonds. The van der Waals surface area contributed by atoms with Crippen molar-refractivity contribution in [3.63, 3.8) is 0 Å². The molecule has 3 aromatic carbocycles. The smallest absolute Gasteiger partial charge is 0.393 e. The Kier molecular flexibility index (Phi) is 4.95. The zero-order chi connectivity index (χ0) is 25.5. The highest BCUT2D eigenvalue weighted by atomic mass is 19.2. The summed E-state index contributed by atoms with van der Waals surface area (Å²) in [7, 11) is 0. The molecule has 0 saturated carbocycles. The van der Waals surface area contributed by atoms with E-state index < -0.39 is 6.97 Å². The van der Waals surface area contributed by atoms with Crippen molar-refractivity contribution in [3.05, 3.63) is 99.5 Å². The quantitative estimate of drug-likeness (QED) is 0.206. The second-order valence-corrected chi connectivity index (χ2v) is 10.2. The average molecular weight is 480 g/mol. The number of halogens is 2. The molecule has 6 rings (SSSR count). The lowest BCUT2D eigenvalue weighted by atomic mass is 9.81. The van der Waals surface area contributed by atoms with Crippen LogP contribution in [-0.4, -0.2) is 21.6 Å². The van der Waals surface area contributed by atoms with Crippen LogP contribution in [0, 0.1) is 13.8 Å². The van der Waals surface area contributed by atoms with Crippen LogP contribution in [0.25, 0.3) is 27.1 Å². The fourth-order valence-corrected chi connectivity index (χ4v) is 7.00. The Hall–Kier alpha value is -3.47. The van der Waals surface area contributed by atoms with Gasteiger partial charge in [-0.3, -0.25) is 0 Å². The first-order valence-electron chi connectivity index (χ1n) is 13.0. The van der Waals surface area contributed by atoms with Gasteiger partial charge in [0.1, 0.15) is 5.71 Å². The second kappa shape index (κ2) is 7.77. The van der Waals surface area contributed by atoms with E-state index in [0.29, 0.717) is 22.8 Å². The van der Waals surface area contributed by atoms with Crippen LogP contribution >= 0.6 is 0 Å². The molecule has 0 spiro atoms. The van der Waals surface area contributed by atoms with Gasteiger partial charge in [-0.1, -0.05) is 62.4 Å². The van der Waals surface area contributed by atoms with E-state index in [9.17, 15) is 0 Å². The van der Waals surface area contributed by atoms with Gasteiger partial charge in [0, 0.05) is 29.3 Å². The summed E-state index contributed by atoms with van der Waals surface area (Å²) < 4.78 is 36.1. The largest absolute Gasteiger partial charge is 0.737 e. The minimum atomic E-state index is -4.04. The van der Waals surface area contributed by atoms with Gasteiger partial charge in [0.15, 0.2) is 5.70 Å². The van der Waals surface area contributed by atoms with Crippen molar-refractivity contribution < 1.29 is 13.1 Å². The maximum absolute atomic E-state index is 16.7. The monoisotopic (exact) mass is 480 g/mol. The minimum Gasteiger partial charge on any atom is -0.393 e. The molecule has 36 heavy (non-hydrogen) atoms. The summed E-state index contributed by atoms with van der Waals surface area (Å²) in [5.41, 5.74) is 8.63. The number of aromatic nitrogens is 1. The molecule has 0 fully saturated rings. The number of rotatable bonds is 3. The van der Waals surface area contributed by atoms with Crippen LogP contribution in [-0.2, 0) is 6.42 Å². The Labute approximate surface area is 211 Å². The van der Waals surface area contributed by atoms with Gasteiger partial charge in [0.05, 0.1) is 5.57 Å². The normalized spacial score (nSPS) is 17.0. The Morgan fingerprint density at radius 2 is 1.42 bits per heavy atom. The summed E-state index contributed by atoms with van der Waals surface area (Å²) in [6.45, 7) is 7.86. The molecule has 5 heteroatoms. The summed E-state index contributed by atoms with van der Waals surface area (Å²) in [6, 6.07) is 18.9. The van der Waals surface area contributed by atoms with Gasteiger partial charge >= 0.3 is 6.97 Å². The van der Waals surface area contributed by atoms with Gasteiger partial charge in [-0.2, -0.15) is 0 Å². The SMILES string of the molecule is CCC1=C(C)C2=C(c3c4ccccc4cc4ccccc34)c3c(C)c(CC)c(C)n3[B-](F)(F)[N+]2=C1C. The lowest BCUT2D eigenvalue weighted by Gasteiger charge is -2.34. The van der Waals surface area contributed by atoms with E-state index in [1.165, 1.54) is 8.96 Å². The van der Waals surface area contributed by atoms with Gasteiger partial charge in [0.25, 0.3) is 0 Å². The molecule has 0 N–H and O–H groups in total. The molecular formula is C31H31BF2N2. The van der Waals surface area contributed by atoms with Crippen molar-refractivity contribution in [1.82, 2.24) is 4.48 Å². The minimum absolute atomic E-state index is 0.673. The van der Waals surface area contributed by atoms with Crippen LogP contribution < -0.4 is 0 Å². The zero-order valence-corrected chi connectivity index (χ0v) is 21.8. The molecule has 2 aliphatic heterocycles. The predicted molar refractivity (Wildman–Crippen MR) is 148 cm³/mol. The highest BCUT2D eigenvalue weighted by molar-refractivity contribution is 6.58. The highest BCUT2D eigenvalue weighted by Gasteiger charge is 2.57. The number of hydrogen-bond acceptors (Lipinski definition) is 0. The van der Waals surface area contributed by atoms with Gasteiger partial charge in [0.2, 0.25) is 0 Å². The molecule has 0 saturated heterocycles. The first-order chi connectivity index (χ1) is 17.2. The molecule has 0 radical (unpaired) electrons. The molecule has 0 atom stereocenters. The molecular weight excluding hydrogens is 449 g/mol. The Balaban J connectivity index is 1.92. The van der Waals surface area contributed by atoms with Gasteiger partial charge in [-0.05, 0) is 78.0 Å². The van der Waals surface area contributed by atoms with Gasteiger partial charge in [-0.15, -0.1) is 0 Å². The summed E-state index contributed by atoms with van der Waals surface area (Å²) >= 11 is 0. The van der Waals surface area contributed by atoms with E-state index in [4.69, 9.17) is 0 Å². The topological polar surface area (TPSA) is 7.94 Å². The molecule has 4 aromatic rings. The Bertz CT molecular complexity index is 1660. The zero-order valence-electron chi connectivity index (χ0n) is 21.8. The third-order valence-corrected chi connectivity index (χ3v) is 8.52. The van der Waals surface area contributed by atoms with Crippen molar-refractivity contribution in [2.45, 2.75) is 54.4 Å². The number of allylic oxidation sites excluding steroid dienone is 2. The van der Waals surface area contributed by atoms with Crippen LogP contribution in [0.5, 0.6) is 0 Å². The summed E-state index contributed by atoms with van der Waals surface area (Å²) in [6.07, 6.45) is 1.45. The molecule has 3 heterocycles. The molecule has 2 aliphatic rings. The van der Waals surface area contributed by atoms with E-state index in [0.717, 1.165) is 67.8 Å². The average Bonchev–Trinajstić information content (AvgIpc) is 3.28. The molecule has 2 nitrogen and oxygen atoms in total.